The lowest BCUT2D eigenvalue weighted by atomic mass is 9.96. The van der Waals surface area contributed by atoms with Gasteiger partial charge in [0.15, 0.2) is 0 Å². The molecule has 1 atom stereocenters. The highest BCUT2D eigenvalue weighted by Gasteiger charge is 2.15. The van der Waals surface area contributed by atoms with Crippen molar-refractivity contribution in [1.29, 1.82) is 0 Å². The van der Waals surface area contributed by atoms with Crippen LogP contribution >= 0.6 is 0 Å². The minimum atomic E-state index is 0.174. The highest BCUT2D eigenvalue weighted by atomic mass is 16.5. The predicted octanol–water partition coefficient (Wildman–Crippen LogP) is 2.09. The number of ether oxygens (including phenoxy) is 1. The van der Waals surface area contributed by atoms with E-state index in [0.717, 1.165) is 12.8 Å². The van der Waals surface area contributed by atoms with E-state index in [-0.39, 0.29) is 18.0 Å². The van der Waals surface area contributed by atoms with Gasteiger partial charge in [0, 0.05) is 6.04 Å². The first-order chi connectivity index (χ1) is 8.60. The minimum absolute atomic E-state index is 0.174. The zero-order valence-corrected chi connectivity index (χ0v) is 11.6. The van der Waals surface area contributed by atoms with E-state index in [0.29, 0.717) is 18.5 Å². The molecular weight excluding hydrogens is 230 g/mol. The average molecular weight is 253 g/mol. The van der Waals surface area contributed by atoms with Crippen molar-refractivity contribution in [3.63, 3.8) is 0 Å². The quantitative estimate of drug-likeness (QED) is 0.773. The van der Waals surface area contributed by atoms with E-state index in [2.05, 4.69) is 41.0 Å². The Kier molecular flexibility index (Phi) is 5.61. The van der Waals surface area contributed by atoms with Gasteiger partial charge >= 0.3 is 6.01 Å². The summed E-state index contributed by atoms with van der Waals surface area (Å²) in [5.41, 5.74) is 5.62. The third-order valence-corrected chi connectivity index (χ3v) is 3.02. The molecule has 0 bridgehead atoms. The monoisotopic (exact) mass is 253 g/mol. The third kappa shape index (κ3) is 4.01. The van der Waals surface area contributed by atoms with E-state index in [1.54, 1.807) is 0 Å². The number of hydrogen-bond acceptors (Lipinski definition) is 6. The normalized spacial score (nSPS) is 12.5. The molecule has 0 saturated carbocycles. The maximum Gasteiger partial charge on any atom is 0.323 e. The molecule has 0 radical (unpaired) electrons. The highest BCUT2D eigenvalue weighted by Crippen LogP contribution is 2.17. The average Bonchev–Trinajstić information content (AvgIpc) is 2.30. The van der Waals surface area contributed by atoms with Crippen LogP contribution in [-0.2, 0) is 0 Å². The molecule has 1 aromatic rings. The van der Waals surface area contributed by atoms with Crippen LogP contribution in [-0.4, -0.2) is 27.6 Å². The molecule has 102 valence electrons. The lowest BCUT2D eigenvalue weighted by molar-refractivity contribution is 0.312. The van der Waals surface area contributed by atoms with Crippen molar-refractivity contribution in [2.75, 3.05) is 17.7 Å². The Morgan fingerprint density at radius 2 is 1.83 bits per heavy atom. The van der Waals surface area contributed by atoms with Crippen LogP contribution in [0.4, 0.5) is 11.9 Å². The van der Waals surface area contributed by atoms with Crippen LogP contribution in [0.5, 0.6) is 6.01 Å². The van der Waals surface area contributed by atoms with Crippen LogP contribution in [0.15, 0.2) is 0 Å². The lowest BCUT2D eigenvalue weighted by Gasteiger charge is -2.22. The van der Waals surface area contributed by atoms with Gasteiger partial charge in [-0.2, -0.15) is 15.0 Å². The number of nitrogens with two attached hydrogens (primary N) is 1. The van der Waals surface area contributed by atoms with Gasteiger partial charge in [0.2, 0.25) is 11.9 Å². The maximum absolute atomic E-state index is 5.62. The number of aromatic nitrogens is 3. The highest BCUT2D eigenvalue weighted by molar-refractivity contribution is 5.33. The summed E-state index contributed by atoms with van der Waals surface area (Å²) >= 11 is 0. The molecule has 0 spiro atoms. The van der Waals surface area contributed by atoms with Crippen molar-refractivity contribution in [2.45, 2.75) is 46.6 Å². The molecule has 0 amide bonds. The molecule has 0 aliphatic carbocycles. The van der Waals surface area contributed by atoms with Gasteiger partial charge in [-0.25, -0.2) is 0 Å². The minimum Gasteiger partial charge on any atom is -0.464 e. The zero-order chi connectivity index (χ0) is 13.5. The predicted molar refractivity (Wildman–Crippen MR) is 72.6 cm³/mol. The van der Waals surface area contributed by atoms with Gasteiger partial charge in [0.25, 0.3) is 0 Å². The zero-order valence-electron chi connectivity index (χ0n) is 11.6. The molecule has 1 rings (SSSR count). The molecule has 1 aromatic heterocycles. The fraction of sp³-hybridized carbons (Fsp3) is 0.750. The number of nitrogen functional groups attached to an aromatic ring is 1. The third-order valence-electron chi connectivity index (χ3n) is 3.02. The Morgan fingerprint density at radius 1 is 1.17 bits per heavy atom. The maximum atomic E-state index is 5.62. The van der Waals surface area contributed by atoms with Crippen molar-refractivity contribution in [2.24, 2.45) is 5.92 Å². The van der Waals surface area contributed by atoms with Crippen LogP contribution in [0.25, 0.3) is 0 Å². The summed E-state index contributed by atoms with van der Waals surface area (Å²) in [5, 5.41) is 3.26. The van der Waals surface area contributed by atoms with Crippen molar-refractivity contribution in [1.82, 2.24) is 15.0 Å². The number of hydrogen-bond donors (Lipinski definition) is 2. The smallest absolute Gasteiger partial charge is 0.323 e. The Hall–Kier alpha value is -1.59. The van der Waals surface area contributed by atoms with Crippen molar-refractivity contribution in [3.8, 4) is 6.01 Å². The first-order valence-electron chi connectivity index (χ1n) is 6.51. The molecule has 0 aliphatic heterocycles. The standard InChI is InChI=1S/C12H23N5O/c1-5-9(6-2)8(4)14-11-15-10(13)16-12(17-11)18-7-3/h8-9H,5-7H2,1-4H3,(H3,13,14,15,16,17). The largest absolute Gasteiger partial charge is 0.464 e. The molecule has 6 heteroatoms. The van der Waals surface area contributed by atoms with Crippen LogP contribution in [0.2, 0.25) is 0 Å². The molecule has 0 fully saturated rings. The van der Waals surface area contributed by atoms with E-state index in [9.17, 15) is 0 Å². The van der Waals surface area contributed by atoms with Crippen LogP contribution in [0.1, 0.15) is 40.5 Å². The van der Waals surface area contributed by atoms with Crippen molar-refractivity contribution >= 4 is 11.9 Å². The van der Waals surface area contributed by atoms with Gasteiger partial charge in [0.05, 0.1) is 6.61 Å². The molecule has 0 aromatic carbocycles. The number of nitrogens with one attached hydrogen (secondary N) is 1. The van der Waals surface area contributed by atoms with Gasteiger partial charge in [0.1, 0.15) is 0 Å². The second-order valence-electron chi connectivity index (χ2n) is 4.24. The van der Waals surface area contributed by atoms with Gasteiger partial charge < -0.3 is 15.8 Å². The summed E-state index contributed by atoms with van der Waals surface area (Å²) < 4.78 is 5.24. The lowest BCUT2D eigenvalue weighted by Crippen LogP contribution is -2.26. The fourth-order valence-electron chi connectivity index (χ4n) is 1.95. The van der Waals surface area contributed by atoms with Gasteiger partial charge in [-0.15, -0.1) is 0 Å². The van der Waals surface area contributed by atoms with Gasteiger partial charge in [-0.3, -0.25) is 0 Å². The van der Waals surface area contributed by atoms with E-state index < -0.39 is 0 Å². The summed E-state index contributed by atoms with van der Waals surface area (Å²) in [6.45, 7) is 8.86. The van der Waals surface area contributed by atoms with E-state index in [1.165, 1.54) is 0 Å². The summed E-state index contributed by atoms with van der Waals surface area (Å²) in [6, 6.07) is 0.556. The second kappa shape index (κ2) is 6.98. The van der Waals surface area contributed by atoms with Crippen LogP contribution < -0.4 is 15.8 Å². The Morgan fingerprint density at radius 3 is 2.39 bits per heavy atom. The molecule has 1 heterocycles. The molecule has 6 nitrogen and oxygen atoms in total. The summed E-state index contributed by atoms with van der Waals surface area (Å²) in [5.74, 6) is 1.23. The second-order valence-corrected chi connectivity index (χ2v) is 4.24. The van der Waals surface area contributed by atoms with Crippen LogP contribution in [0, 0.1) is 5.92 Å². The molecule has 18 heavy (non-hydrogen) atoms. The van der Waals surface area contributed by atoms with Crippen molar-refractivity contribution < 1.29 is 4.74 Å². The number of nitrogens with zero attached hydrogens (tertiary/aromatic N) is 3. The van der Waals surface area contributed by atoms with E-state index in [1.807, 2.05) is 6.92 Å². The number of anilines is 2. The summed E-state index contributed by atoms with van der Waals surface area (Å²) in [4.78, 5) is 12.2. The summed E-state index contributed by atoms with van der Waals surface area (Å²) in [6.07, 6.45) is 2.23. The van der Waals surface area contributed by atoms with Crippen molar-refractivity contribution in [3.05, 3.63) is 0 Å². The molecule has 0 aliphatic rings. The first-order valence-corrected chi connectivity index (χ1v) is 6.51. The molecular formula is C12H23N5O. The first kappa shape index (κ1) is 14.5. The molecule has 3 N–H and O–H groups in total. The fourth-order valence-corrected chi connectivity index (χ4v) is 1.95. The van der Waals surface area contributed by atoms with E-state index >= 15 is 0 Å². The Bertz CT molecular complexity index is 367. The van der Waals surface area contributed by atoms with Crippen LogP contribution in [0.3, 0.4) is 0 Å². The molecule has 1 unspecified atom stereocenters. The SMILES string of the molecule is CCOc1nc(N)nc(NC(C)C(CC)CC)n1. The van der Waals surface area contributed by atoms with Gasteiger partial charge in [-0.1, -0.05) is 26.7 Å². The van der Waals surface area contributed by atoms with E-state index in [4.69, 9.17) is 10.5 Å². The molecule has 0 saturated heterocycles. The van der Waals surface area contributed by atoms with Gasteiger partial charge in [-0.05, 0) is 19.8 Å². The number of rotatable bonds is 7. The Labute approximate surface area is 108 Å². The summed E-state index contributed by atoms with van der Waals surface area (Å²) in [7, 11) is 0. The Balaban J connectivity index is 2.77. The topological polar surface area (TPSA) is 86.0 Å².